The van der Waals surface area contributed by atoms with Gasteiger partial charge in [0.1, 0.15) is 5.69 Å². The number of hydrogen-bond donors (Lipinski definition) is 0. The van der Waals surface area contributed by atoms with Crippen LogP contribution in [-0.4, -0.2) is 27.2 Å². The predicted octanol–water partition coefficient (Wildman–Crippen LogP) is 3.64. The molecule has 22 heavy (non-hydrogen) atoms. The van der Waals surface area contributed by atoms with Crippen molar-refractivity contribution in [1.29, 1.82) is 0 Å². The van der Waals surface area contributed by atoms with Crippen LogP contribution in [0.25, 0.3) is 16.9 Å². The number of ether oxygens (including phenoxy) is 1. The third kappa shape index (κ3) is 2.50. The first-order valence-corrected chi connectivity index (χ1v) is 7.69. The summed E-state index contributed by atoms with van der Waals surface area (Å²) < 4.78 is 7.49. The van der Waals surface area contributed by atoms with Gasteiger partial charge in [-0.3, -0.25) is 0 Å². The lowest BCUT2D eigenvalue weighted by atomic mass is 10.2. The average Bonchev–Trinajstić information content (AvgIpc) is 2.86. The predicted molar refractivity (Wildman–Crippen MR) is 86.8 cm³/mol. The van der Waals surface area contributed by atoms with Gasteiger partial charge < -0.3 is 4.74 Å². The summed E-state index contributed by atoms with van der Waals surface area (Å²) in [6.45, 7) is 3.97. The highest BCUT2D eigenvalue weighted by atomic mass is 79.9. The number of nitrogens with zero attached hydrogens (tertiary/aromatic N) is 3. The second-order valence-electron chi connectivity index (χ2n) is 4.77. The Balaban J connectivity index is 2.18. The van der Waals surface area contributed by atoms with Crippen molar-refractivity contribution in [2.45, 2.75) is 13.8 Å². The van der Waals surface area contributed by atoms with Crippen LogP contribution in [0.15, 0.2) is 40.9 Å². The topological polar surface area (TPSA) is 56.5 Å². The zero-order valence-electron chi connectivity index (χ0n) is 12.2. The van der Waals surface area contributed by atoms with Crippen LogP contribution in [0.5, 0.6) is 0 Å². The van der Waals surface area contributed by atoms with E-state index >= 15 is 0 Å². The van der Waals surface area contributed by atoms with Crippen molar-refractivity contribution in [3.05, 3.63) is 52.3 Å². The van der Waals surface area contributed by atoms with E-state index in [2.05, 4.69) is 26.0 Å². The summed E-state index contributed by atoms with van der Waals surface area (Å²) in [6, 6.07) is 11.5. The summed E-state index contributed by atoms with van der Waals surface area (Å²) in [5, 5.41) is 4.58. The van der Waals surface area contributed by atoms with Crippen molar-refractivity contribution in [2.24, 2.45) is 0 Å². The number of hydrogen-bond acceptors (Lipinski definition) is 4. The Morgan fingerprint density at radius 1 is 1.32 bits per heavy atom. The van der Waals surface area contributed by atoms with E-state index in [0.29, 0.717) is 12.3 Å². The molecule has 0 spiro atoms. The van der Waals surface area contributed by atoms with Crippen LogP contribution in [0.3, 0.4) is 0 Å². The molecule has 0 aliphatic heterocycles. The molecule has 0 aliphatic carbocycles. The van der Waals surface area contributed by atoms with E-state index in [1.165, 1.54) is 0 Å². The van der Waals surface area contributed by atoms with Crippen molar-refractivity contribution >= 4 is 27.5 Å². The van der Waals surface area contributed by atoms with Gasteiger partial charge in [-0.1, -0.05) is 30.3 Å². The van der Waals surface area contributed by atoms with Crippen molar-refractivity contribution < 1.29 is 9.53 Å². The van der Waals surface area contributed by atoms with Gasteiger partial charge in [0.05, 0.1) is 11.1 Å². The zero-order chi connectivity index (χ0) is 15.7. The Morgan fingerprint density at radius 3 is 2.73 bits per heavy atom. The van der Waals surface area contributed by atoms with Gasteiger partial charge in [0, 0.05) is 11.3 Å². The van der Waals surface area contributed by atoms with Crippen LogP contribution in [0, 0.1) is 6.92 Å². The van der Waals surface area contributed by atoms with Gasteiger partial charge in [0.25, 0.3) is 0 Å². The van der Waals surface area contributed by atoms with Crippen molar-refractivity contribution in [2.75, 3.05) is 6.61 Å². The Morgan fingerprint density at radius 2 is 2.05 bits per heavy atom. The van der Waals surface area contributed by atoms with Gasteiger partial charge in [-0.25, -0.2) is 14.3 Å². The average molecular weight is 360 g/mol. The fraction of sp³-hybridized carbons (Fsp3) is 0.188. The minimum absolute atomic E-state index is 0.284. The standard InChI is InChI=1S/C16H14BrN3O2/c1-3-22-16(21)12-9-10(2)20-15(18-12)13(17)14(19-20)11-7-5-4-6-8-11/h4-9H,3H2,1-2H3. The number of rotatable bonds is 3. The van der Waals surface area contributed by atoms with Gasteiger partial charge in [-0.05, 0) is 35.8 Å². The lowest BCUT2D eigenvalue weighted by molar-refractivity contribution is 0.0519. The molecule has 112 valence electrons. The van der Waals surface area contributed by atoms with E-state index in [9.17, 15) is 4.79 Å². The molecule has 0 atom stereocenters. The SMILES string of the molecule is CCOC(=O)c1cc(C)n2nc(-c3ccccc3)c(Br)c2n1. The lowest BCUT2D eigenvalue weighted by Crippen LogP contribution is -2.09. The summed E-state index contributed by atoms with van der Waals surface area (Å²) in [4.78, 5) is 16.3. The van der Waals surface area contributed by atoms with E-state index in [0.717, 1.165) is 21.4 Å². The summed E-state index contributed by atoms with van der Waals surface area (Å²) in [5.74, 6) is -0.428. The molecule has 0 amide bonds. The number of benzene rings is 1. The minimum atomic E-state index is -0.428. The van der Waals surface area contributed by atoms with Crippen molar-refractivity contribution in [1.82, 2.24) is 14.6 Å². The van der Waals surface area contributed by atoms with Gasteiger partial charge in [0.15, 0.2) is 11.3 Å². The molecular weight excluding hydrogens is 346 g/mol. The molecule has 5 nitrogen and oxygen atoms in total. The van der Waals surface area contributed by atoms with Crippen LogP contribution < -0.4 is 0 Å². The molecule has 0 aliphatic rings. The largest absolute Gasteiger partial charge is 0.461 e. The van der Waals surface area contributed by atoms with Gasteiger partial charge in [-0.2, -0.15) is 5.10 Å². The lowest BCUT2D eigenvalue weighted by Gasteiger charge is -2.04. The first-order chi connectivity index (χ1) is 10.6. The smallest absolute Gasteiger partial charge is 0.357 e. The number of carbonyl (C=O) groups excluding carboxylic acids is 1. The van der Waals surface area contributed by atoms with E-state index in [1.54, 1.807) is 17.5 Å². The highest BCUT2D eigenvalue weighted by Gasteiger charge is 2.18. The Kier molecular flexibility index (Phi) is 3.94. The van der Waals surface area contributed by atoms with Crippen molar-refractivity contribution in [3.63, 3.8) is 0 Å². The van der Waals surface area contributed by atoms with Crippen molar-refractivity contribution in [3.8, 4) is 11.3 Å². The Hall–Kier alpha value is -2.21. The van der Waals surface area contributed by atoms with Gasteiger partial charge in [0.2, 0.25) is 0 Å². The summed E-state index contributed by atoms with van der Waals surface area (Å²) in [6.07, 6.45) is 0. The Bertz CT molecular complexity index is 843. The summed E-state index contributed by atoms with van der Waals surface area (Å²) in [5.41, 5.74) is 3.47. The normalized spacial score (nSPS) is 10.9. The molecule has 1 aromatic carbocycles. The molecule has 0 N–H and O–H groups in total. The second-order valence-corrected chi connectivity index (χ2v) is 5.56. The maximum Gasteiger partial charge on any atom is 0.357 e. The highest BCUT2D eigenvalue weighted by Crippen LogP contribution is 2.30. The van der Waals surface area contributed by atoms with Crippen LogP contribution in [0.2, 0.25) is 0 Å². The number of halogens is 1. The minimum Gasteiger partial charge on any atom is -0.461 e. The monoisotopic (exact) mass is 359 g/mol. The molecule has 0 saturated carbocycles. The molecule has 3 rings (SSSR count). The third-order valence-corrected chi connectivity index (χ3v) is 3.97. The van der Waals surface area contributed by atoms with Gasteiger partial charge in [-0.15, -0.1) is 0 Å². The number of esters is 1. The van der Waals surface area contributed by atoms with Crippen LogP contribution >= 0.6 is 15.9 Å². The number of aryl methyl sites for hydroxylation is 1. The number of fused-ring (bicyclic) bond motifs is 1. The van der Waals surface area contributed by atoms with E-state index in [-0.39, 0.29) is 5.69 Å². The second kappa shape index (κ2) is 5.88. The molecule has 3 aromatic rings. The van der Waals surface area contributed by atoms with Crippen LogP contribution in [0.4, 0.5) is 0 Å². The van der Waals surface area contributed by atoms with E-state index < -0.39 is 5.97 Å². The van der Waals surface area contributed by atoms with Crippen LogP contribution in [0.1, 0.15) is 23.1 Å². The molecule has 2 heterocycles. The third-order valence-electron chi connectivity index (χ3n) is 3.24. The maximum atomic E-state index is 11.9. The molecule has 2 aromatic heterocycles. The molecule has 0 bridgehead atoms. The summed E-state index contributed by atoms with van der Waals surface area (Å²) in [7, 11) is 0. The quantitative estimate of drug-likeness (QED) is 0.669. The zero-order valence-corrected chi connectivity index (χ0v) is 13.8. The first-order valence-electron chi connectivity index (χ1n) is 6.90. The fourth-order valence-corrected chi connectivity index (χ4v) is 2.79. The maximum absolute atomic E-state index is 11.9. The fourth-order valence-electron chi connectivity index (χ4n) is 2.23. The molecular formula is C16H14BrN3O2. The molecule has 0 saturated heterocycles. The van der Waals surface area contributed by atoms with Gasteiger partial charge >= 0.3 is 5.97 Å². The number of carbonyl (C=O) groups is 1. The molecule has 0 unspecified atom stereocenters. The summed E-state index contributed by atoms with van der Waals surface area (Å²) >= 11 is 3.55. The molecule has 6 heteroatoms. The van der Waals surface area contributed by atoms with Crippen LogP contribution in [-0.2, 0) is 4.74 Å². The molecule has 0 fully saturated rings. The van der Waals surface area contributed by atoms with E-state index in [1.807, 2.05) is 37.3 Å². The molecule has 0 radical (unpaired) electrons. The highest BCUT2D eigenvalue weighted by molar-refractivity contribution is 9.10. The Labute approximate surface area is 136 Å². The van der Waals surface area contributed by atoms with E-state index in [4.69, 9.17) is 4.74 Å². The first kappa shape index (κ1) is 14.7. The number of aromatic nitrogens is 3.